The van der Waals surface area contributed by atoms with E-state index >= 15 is 0 Å². The predicted octanol–water partition coefficient (Wildman–Crippen LogP) is 4.20. The fourth-order valence-corrected chi connectivity index (χ4v) is 4.60. The maximum Gasteiger partial charge on any atom is 0.271 e. The molecule has 1 fully saturated rings. The van der Waals surface area contributed by atoms with E-state index in [4.69, 9.17) is 9.47 Å². The van der Waals surface area contributed by atoms with Gasteiger partial charge < -0.3 is 20.1 Å². The van der Waals surface area contributed by atoms with Gasteiger partial charge in [0, 0.05) is 23.0 Å². The minimum atomic E-state index is -0.236. The summed E-state index contributed by atoms with van der Waals surface area (Å²) in [6.07, 6.45) is 3.68. The van der Waals surface area contributed by atoms with Gasteiger partial charge in [-0.3, -0.25) is 9.59 Å². The van der Waals surface area contributed by atoms with Crippen LogP contribution in [0.3, 0.4) is 0 Å². The molecule has 2 atom stereocenters. The second-order valence-electron chi connectivity index (χ2n) is 7.88. The zero-order valence-corrected chi connectivity index (χ0v) is 19.3. The Balaban J connectivity index is 1.35. The van der Waals surface area contributed by atoms with E-state index in [0.717, 1.165) is 25.7 Å². The number of ether oxygens (including phenoxy) is 2. The van der Waals surface area contributed by atoms with Crippen LogP contribution in [0.2, 0.25) is 0 Å². The molecular weight excluding hydrogens is 438 g/mol. The summed E-state index contributed by atoms with van der Waals surface area (Å²) in [6, 6.07) is 16.3. The maximum absolute atomic E-state index is 12.9. The first-order chi connectivity index (χ1) is 16.1. The SMILES string of the molecule is COc1ccccc1OCc1nc(C(=O)N[C@@H]2CCCC[C@H]2NC(=O)c2ccccc2)cs1. The highest BCUT2D eigenvalue weighted by molar-refractivity contribution is 7.09. The number of carbonyl (C=O) groups is 2. The molecule has 0 aliphatic heterocycles. The Morgan fingerprint density at radius 2 is 1.58 bits per heavy atom. The molecule has 0 spiro atoms. The number of hydrogen-bond donors (Lipinski definition) is 2. The summed E-state index contributed by atoms with van der Waals surface area (Å²) >= 11 is 1.37. The van der Waals surface area contributed by atoms with Crippen LogP contribution in [0.5, 0.6) is 11.5 Å². The molecule has 0 unspecified atom stereocenters. The quantitative estimate of drug-likeness (QED) is 0.520. The van der Waals surface area contributed by atoms with Gasteiger partial charge in [0.1, 0.15) is 17.3 Å². The molecule has 4 rings (SSSR count). The van der Waals surface area contributed by atoms with Crippen LogP contribution in [0.4, 0.5) is 0 Å². The molecule has 2 aromatic carbocycles. The van der Waals surface area contributed by atoms with Crippen molar-refractivity contribution in [1.29, 1.82) is 0 Å². The molecule has 8 heteroatoms. The third-order valence-electron chi connectivity index (χ3n) is 5.64. The van der Waals surface area contributed by atoms with Crippen LogP contribution in [-0.2, 0) is 6.61 Å². The van der Waals surface area contributed by atoms with Crippen molar-refractivity contribution in [2.45, 2.75) is 44.4 Å². The number of methoxy groups -OCH3 is 1. The van der Waals surface area contributed by atoms with Crippen LogP contribution < -0.4 is 20.1 Å². The number of nitrogens with one attached hydrogen (secondary N) is 2. The van der Waals surface area contributed by atoms with Gasteiger partial charge >= 0.3 is 0 Å². The average molecular weight is 466 g/mol. The number of nitrogens with zero attached hydrogens (tertiary/aromatic N) is 1. The van der Waals surface area contributed by atoms with Gasteiger partial charge in [0.05, 0.1) is 7.11 Å². The molecule has 3 aromatic rings. The van der Waals surface area contributed by atoms with Gasteiger partial charge in [-0.1, -0.05) is 43.2 Å². The van der Waals surface area contributed by atoms with E-state index in [9.17, 15) is 9.59 Å². The first-order valence-electron chi connectivity index (χ1n) is 11.0. The van der Waals surface area contributed by atoms with Crippen molar-refractivity contribution in [3.05, 3.63) is 76.2 Å². The Kier molecular flexibility index (Phi) is 7.57. The molecule has 1 aliphatic rings. The summed E-state index contributed by atoms with van der Waals surface area (Å²) in [4.78, 5) is 29.9. The van der Waals surface area contributed by atoms with Crippen molar-refractivity contribution in [2.75, 3.05) is 7.11 Å². The number of rotatable bonds is 8. The lowest BCUT2D eigenvalue weighted by molar-refractivity contribution is 0.0860. The number of benzene rings is 2. The van der Waals surface area contributed by atoms with Gasteiger partial charge in [-0.15, -0.1) is 11.3 Å². The minimum absolute atomic E-state index is 0.109. The van der Waals surface area contributed by atoms with E-state index in [0.29, 0.717) is 27.8 Å². The summed E-state index contributed by atoms with van der Waals surface area (Å²) in [6.45, 7) is 0.248. The minimum Gasteiger partial charge on any atom is -0.493 e. The highest BCUT2D eigenvalue weighted by atomic mass is 32.1. The predicted molar refractivity (Wildman–Crippen MR) is 127 cm³/mol. The van der Waals surface area contributed by atoms with Gasteiger partial charge in [0.2, 0.25) is 0 Å². The third-order valence-corrected chi connectivity index (χ3v) is 6.46. The second kappa shape index (κ2) is 11.0. The van der Waals surface area contributed by atoms with Crippen molar-refractivity contribution in [3.63, 3.8) is 0 Å². The number of amides is 2. The van der Waals surface area contributed by atoms with Crippen molar-refractivity contribution in [1.82, 2.24) is 15.6 Å². The molecule has 0 bridgehead atoms. The molecule has 7 nitrogen and oxygen atoms in total. The van der Waals surface area contributed by atoms with E-state index in [1.807, 2.05) is 42.5 Å². The average Bonchev–Trinajstić information content (AvgIpc) is 3.34. The van der Waals surface area contributed by atoms with Crippen LogP contribution in [0.1, 0.15) is 51.5 Å². The standard InChI is InChI=1S/C25H27N3O4S/c1-31-21-13-7-8-14-22(21)32-15-23-26-20(16-33-23)25(30)28-19-12-6-5-11-18(19)27-24(29)17-9-3-2-4-10-17/h2-4,7-10,13-14,16,18-19H,5-6,11-12,15H2,1H3,(H,27,29)(H,28,30)/t18-,19-/m1/s1. The fourth-order valence-electron chi connectivity index (χ4n) is 3.92. The Bertz CT molecular complexity index is 1090. The molecule has 0 radical (unpaired) electrons. The highest BCUT2D eigenvalue weighted by Gasteiger charge is 2.29. The van der Waals surface area contributed by atoms with Crippen LogP contribution in [0.25, 0.3) is 0 Å². The van der Waals surface area contributed by atoms with Crippen LogP contribution >= 0.6 is 11.3 Å². The van der Waals surface area contributed by atoms with Crippen molar-refractivity contribution >= 4 is 23.2 Å². The summed E-state index contributed by atoms with van der Waals surface area (Å²) in [5, 5.41) is 8.60. The van der Waals surface area contributed by atoms with E-state index in [2.05, 4.69) is 15.6 Å². The Hall–Kier alpha value is -3.39. The normalized spacial score (nSPS) is 17.7. The van der Waals surface area contributed by atoms with E-state index in [1.54, 1.807) is 24.6 Å². The number of thiazole rings is 1. The smallest absolute Gasteiger partial charge is 0.271 e. The Labute approximate surface area is 197 Å². The summed E-state index contributed by atoms with van der Waals surface area (Å²) in [5.74, 6) is 0.917. The monoisotopic (exact) mass is 465 g/mol. The maximum atomic E-state index is 12.9. The van der Waals surface area contributed by atoms with Crippen molar-refractivity contribution in [2.24, 2.45) is 0 Å². The van der Waals surface area contributed by atoms with Gasteiger partial charge in [0.15, 0.2) is 11.5 Å². The van der Waals surface area contributed by atoms with Crippen molar-refractivity contribution < 1.29 is 19.1 Å². The number of hydrogen-bond acceptors (Lipinski definition) is 6. The van der Waals surface area contributed by atoms with E-state index < -0.39 is 0 Å². The molecule has 1 aromatic heterocycles. The molecule has 172 valence electrons. The van der Waals surface area contributed by atoms with Gasteiger partial charge in [0.25, 0.3) is 11.8 Å². The van der Waals surface area contributed by atoms with Crippen LogP contribution in [-0.4, -0.2) is 36.0 Å². The van der Waals surface area contributed by atoms with Gasteiger partial charge in [-0.25, -0.2) is 4.98 Å². The third kappa shape index (κ3) is 5.90. The number of para-hydroxylation sites is 2. The van der Waals surface area contributed by atoms with Gasteiger partial charge in [-0.05, 0) is 37.1 Å². The van der Waals surface area contributed by atoms with Crippen molar-refractivity contribution in [3.8, 4) is 11.5 Å². The summed E-state index contributed by atoms with van der Waals surface area (Å²) in [7, 11) is 1.59. The first kappa shape index (κ1) is 22.8. The molecule has 2 amide bonds. The molecule has 2 N–H and O–H groups in total. The first-order valence-corrected chi connectivity index (χ1v) is 11.9. The van der Waals surface area contributed by atoms with Crippen LogP contribution in [0.15, 0.2) is 60.0 Å². The van der Waals surface area contributed by atoms with E-state index in [-0.39, 0.29) is 30.5 Å². The Morgan fingerprint density at radius 1 is 0.939 bits per heavy atom. The van der Waals surface area contributed by atoms with Crippen LogP contribution in [0, 0.1) is 0 Å². The highest BCUT2D eigenvalue weighted by Crippen LogP contribution is 2.27. The lowest BCUT2D eigenvalue weighted by Crippen LogP contribution is -2.53. The number of carbonyl (C=O) groups excluding carboxylic acids is 2. The molecule has 1 aliphatic carbocycles. The second-order valence-corrected chi connectivity index (χ2v) is 8.82. The lowest BCUT2D eigenvalue weighted by Gasteiger charge is -2.32. The molecule has 0 saturated heterocycles. The molecular formula is C25H27N3O4S. The summed E-state index contributed by atoms with van der Waals surface area (Å²) in [5.41, 5.74) is 0.977. The zero-order valence-electron chi connectivity index (χ0n) is 18.5. The molecule has 33 heavy (non-hydrogen) atoms. The van der Waals surface area contributed by atoms with E-state index in [1.165, 1.54) is 11.3 Å². The largest absolute Gasteiger partial charge is 0.493 e. The van der Waals surface area contributed by atoms with Gasteiger partial charge in [-0.2, -0.15) is 0 Å². The summed E-state index contributed by atoms with van der Waals surface area (Å²) < 4.78 is 11.1. The lowest BCUT2D eigenvalue weighted by atomic mass is 9.90. The topological polar surface area (TPSA) is 89.6 Å². The molecule has 1 heterocycles. The number of aromatic nitrogens is 1. The fraction of sp³-hybridized carbons (Fsp3) is 0.320. The zero-order chi connectivity index (χ0) is 23.0. The molecule has 1 saturated carbocycles. The Morgan fingerprint density at radius 3 is 2.27 bits per heavy atom.